The summed E-state index contributed by atoms with van der Waals surface area (Å²) in [6.45, 7) is 8.64. The first kappa shape index (κ1) is 26.5. The van der Waals surface area contributed by atoms with Gasteiger partial charge in [-0.15, -0.1) is 0 Å². The number of nitrogens with zero attached hydrogens (tertiary/aromatic N) is 3. The van der Waals surface area contributed by atoms with E-state index in [1.807, 2.05) is 20.8 Å². The molecule has 1 saturated heterocycles. The number of ether oxygens (including phenoxy) is 1. The molecule has 2 aromatic rings. The minimum absolute atomic E-state index is 0.0106. The van der Waals surface area contributed by atoms with Crippen LogP contribution in [0.1, 0.15) is 52.5 Å². The zero-order chi connectivity index (χ0) is 25.8. The molecule has 1 aliphatic heterocycles. The molecule has 3 amide bonds. The van der Waals surface area contributed by atoms with Crippen LogP contribution in [0.25, 0.3) is 0 Å². The SMILES string of the molecule is CC(C)(C)NC(=O)[C@H](c1ccc(F)cc1)N(CCN1CCOCC1)C(=O)c1snc(C(N)=O)c1N. The highest BCUT2D eigenvalue weighted by molar-refractivity contribution is 7.09. The van der Waals surface area contributed by atoms with Crippen LogP contribution in [0.4, 0.5) is 10.1 Å². The van der Waals surface area contributed by atoms with E-state index < -0.39 is 35.1 Å². The number of carbonyl (C=O) groups excluding carboxylic acids is 3. The van der Waals surface area contributed by atoms with Crippen molar-refractivity contribution in [2.24, 2.45) is 5.73 Å². The van der Waals surface area contributed by atoms with Gasteiger partial charge in [0.15, 0.2) is 5.69 Å². The zero-order valence-corrected chi connectivity index (χ0v) is 20.9. The highest BCUT2D eigenvalue weighted by Crippen LogP contribution is 2.29. The Bertz CT molecular complexity index is 1060. The lowest BCUT2D eigenvalue weighted by atomic mass is 10.0. The Kier molecular flexibility index (Phi) is 8.41. The molecule has 0 spiro atoms. The van der Waals surface area contributed by atoms with E-state index in [2.05, 4.69) is 14.6 Å². The molecule has 35 heavy (non-hydrogen) atoms. The number of primary amides is 1. The van der Waals surface area contributed by atoms with E-state index in [4.69, 9.17) is 16.2 Å². The molecule has 0 radical (unpaired) electrons. The molecule has 5 N–H and O–H groups in total. The van der Waals surface area contributed by atoms with Gasteiger partial charge in [-0.2, -0.15) is 4.37 Å². The molecular formula is C23H31FN6O4S. The molecule has 0 bridgehead atoms. The summed E-state index contributed by atoms with van der Waals surface area (Å²) in [7, 11) is 0. The van der Waals surface area contributed by atoms with Gasteiger partial charge < -0.3 is 26.4 Å². The van der Waals surface area contributed by atoms with Crippen LogP contribution in [0, 0.1) is 5.82 Å². The Morgan fingerprint density at radius 1 is 1.23 bits per heavy atom. The maximum atomic E-state index is 13.8. The van der Waals surface area contributed by atoms with Gasteiger partial charge in [-0.1, -0.05) is 12.1 Å². The second-order valence-corrected chi connectivity index (χ2v) is 10.1. The van der Waals surface area contributed by atoms with Gasteiger partial charge in [-0.3, -0.25) is 19.3 Å². The molecule has 12 heteroatoms. The number of halogens is 1. The van der Waals surface area contributed by atoms with Crippen molar-refractivity contribution in [1.29, 1.82) is 0 Å². The van der Waals surface area contributed by atoms with Gasteiger partial charge in [-0.25, -0.2) is 4.39 Å². The maximum Gasteiger partial charge on any atom is 0.270 e. The number of rotatable bonds is 8. The number of hydrogen-bond acceptors (Lipinski definition) is 8. The Morgan fingerprint density at radius 3 is 2.40 bits per heavy atom. The minimum Gasteiger partial charge on any atom is -0.395 e. The van der Waals surface area contributed by atoms with Crippen molar-refractivity contribution in [3.05, 3.63) is 46.2 Å². The second-order valence-electron chi connectivity index (χ2n) is 9.28. The van der Waals surface area contributed by atoms with E-state index in [1.54, 1.807) is 0 Å². The average molecular weight is 507 g/mol. The Balaban J connectivity index is 2.03. The summed E-state index contributed by atoms with van der Waals surface area (Å²) in [4.78, 5) is 42.5. The fourth-order valence-electron chi connectivity index (χ4n) is 3.74. The number of aromatic nitrogens is 1. The summed E-state index contributed by atoms with van der Waals surface area (Å²) >= 11 is 0.750. The number of carbonyl (C=O) groups is 3. The molecule has 1 aromatic heterocycles. The van der Waals surface area contributed by atoms with Crippen LogP contribution in [0.3, 0.4) is 0 Å². The largest absolute Gasteiger partial charge is 0.395 e. The van der Waals surface area contributed by atoms with Gasteiger partial charge in [0.1, 0.15) is 16.7 Å². The van der Waals surface area contributed by atoms with Crippen molar-refractivity contribution in [3.63, 3.8) is 0 Å². The van der Waals surface area contributed by atoms with Gasteiger partial charge in [0.05, 0.1) is 18.9 Å². The third-order valence-corrected chi connectivity index (χ3v) is 6.27. The van der Waals surface area contributed by atoms with Gasteiger partial charge >= 0.3 is 0 Å². The summed E-state index contributed by atoms with van der Waals surface area (Å²) in [5.74, 6) is -2.32. The van der Waals surface area contributed by atoms with Gasteiger partial charge in [0, 0.05) is 31.7 Å². The van der Waals surface area contributed by atoms with E-state index in [9.17, 15) is 18.8 Å². The zero-order valence-electron chi connectivity index (χ0n) is 20.0. The summed E-state index contributed by atoms with van der Waals surface area (Å²) in [6.07, 6.45) is 0. The lowest BCUT2D eigenvalue weighted by Crippen LogP contribution is -2.51. The molecule has 190 valence electrons. The molecule has 0 aliphatic carbocycles. The molecule has 1 fully saturated rings. The molecule has 0 saturated carbocycles. The smallest absolute Gasteiger partial charge is 0.270 e. The maximum absolute atomic E-state index is 13.8. The first-order chi connectivity index (χ1) is 16.5. The lowest BCUT2D eigenvalue weighted by molar-refractivity contribution is -0.127. The molecule has 2 heterocycles. The van der Waals surface area contributed by atoms with Crippen LogP contribution in [-0.2, 0) is 9.53 Å². The average Bonchev–Trinajstić information content (AvgIpc) is 3.18. The van der Waals surface area contributed by atoms with Gasteiger partial charge in [-0.05, 0) is 50.0 Å². The van der Waals surface area contributed by atoms with E-state index >= 15 is 0 Å². The summed E-state index contributed by atoms with van der Waals surface area (Å²) in [5, 5.41) is 2.92. The van der Waals surface area contributed by atoms with E-state index in [1.165, 1.54) is 29.2 Å². The predicted octanol–water partition coefficient (Wildman–Crippen LogP) is 1.39. The van der Waals surface area contributed by atoms with Crippen molar-refractivity contribution in [2.45, 2.75) is 32.4 Å². The van der Waals surface area contributed by atoms with Crippen molar-refractivity contribution in [2.75, 3.05) is 45.1 Å². The molecule has 0 unspecified atom stereocenters. The first-order valence-electron chi connectivity index (χ1n) is 11.2. The van der Waals surface area contributed by atoms with E-state index in [-0.39, 0.29) is 22.8 Å². The van der Waals surface area contributed by atoms with Crippen LogP contribution in [0.5, 0.6) is 0 Å². The predicted molar refractivity (Wildman–Crippen MR) is 130 cm³/mol. The molecule has 1 aliphatic rings. The molecule has 1 atom stereocenters. The number of amides is 3. The number of benzene rings is 1. The van der Waals surface area contributed by atoms with Crippen molar-refractivity contribution in [3.8, 4) is 0 Å². The molecule has 10 nitrogen and oxygen atoms in total. The quantitative estimate of drug-likeness (QED) is 0.491. The number of nitrogen functional groups attached to an aromatic ring is 1. The number of nitrogens with two attached hydrogens (primary N) is 2. The van der Waals surface area contributed by atoms with Crippen LogP contribution in [-0.4, -0.2) is 76.8 Å². The Hall–Kier alpha value is -3.09. The van der Waals surface area contributed by atoms with Crippen LogP contribution >= 0.6 is 11.5 Å². The molecular weight excluding hydrogens is 475 g/mol. The third kappa shape index (κ3) is 6.74. The van der Waals surface area contributed by atoms with Crippen LogP contribution in [0.15, 0.2) is 24.3 Å². The van der Waals surface area contributed by atoms with Crippen LogP contribution in [0.2, 0.25) is 0 Å². The number of nitrogens with one attached hydrogen (secondary N) is 1. The highest BCUT2D eigenvalue weighted by atomic mass is 32.1. The standard InChI is InChI=1S/C23H31FN6O4S/c1-23(2,3)27-21(32)18(14-4-6-15(24)7-5-14)30(9-8-29-10-12-34-13-11-29)22(33)19-16(25)17(20(26)31)28-35-19/h4-7,18H,8-13,25H2,1-3H3,(H2,26,31)(H,27,32)/t18-/m0/s1. The Labute approximate surface area is 207 Å². The Morgan fingerprint density at radius 2 is 1.86 bits per heavy atom. The lowest BCUT2D eigenvalue weighted by Gasteiger charge is -2.35. The third-order valence-electron chi connectivity index (χ3n) is 5.42. The minimum atomic E-state index is -1.08. The van der Waals surface area contributed by atoms with Gasteiger partial charge in [0.25, 0.3) is 11.8 Å². The second kappa shape index (κ2) is 11.1. The summed E-state index contributed by atoms with van der Waals surface area (Å²) in [6, 6.07) is 4.35. The number of hydrogen-bond donors (Lipinski definition) is 3. The fourth-order valence-corrected chi connectivity index (χ4v) is 4.50. The van der Waals surface area contributed by atoms with Crippen molar-refractivity contribution < 1.29 is 23.5 Å². The van der Waals surface area contributed by atoms with Gasteiger partial charge in [0.2, 0.25) is 5.91 Å². The molecule has 3 rings (SSSR count). The molecule has 1 aromatic carbocycles. The summed E-state index contributed by atoms with van der Waals surface area (Å²) < 4.78 is 23.0. The van der Waals surface area contributed by atoms with Crippen LogP contribution < -0.4 is 16.8 Å². The number of morpholine rings is 1. The first-order valence-corrected chi connectivity index (χ1v) is 12.0. The topological polar surface area (TPSA) is 144 Å². The normalized spacial score (nSPS) is 15.4. The van der Waals surface area contributed by atoms with E-state index in [0.29, 0.717) is 38.4 Å². The summed E-state index contributed by atoms with van der Waals surface area (Å²) in [5.41, 5.74) is 10.9. The van der Waals surface area contributed by atoms with E-state index in [0.717, 1.165) is 11.5 Å². The number of anilines is 1. The van der Waals surface area contributed by atoms with Crippen molar-refractivity contribution in [1.82, 2.24) is 19.5 Å². The highest BCUT2D eigenvalue weighted by Gasteiger charge is 2.36. The monoisotopic (exact) mass is 506 g/mol. The van der Waals surface area contributed by atoms with Crippen molar-refractivity contribution >= 4 is 34.9 Å². The fraction of sp³-hybridized carbons (Fsp3) is 0.478.